The van der Waals surface area contributed by atoms with Gasteiger partial charge in [0.15, 0.2) is 5.01 Å². The van der Waals surface area contributed by atoms with E-state index in [4.69, 9.17) is 0 Å². The van der Waals surface area contributed by atoms with E-state index in [1.807, 2.05) is 5.38 Å². The highest BCUT2D eigenvalue weighted by atomic mass is 32.1. The Morgan fingerprint density at radius 3 is 3.18 bits per heavy atom. The molecule has 0 fully saturated rings. The van der Waals surface area contributed by atoms with Gasteiger partial charge < -0.3 is 0 Å². The molecular formula is C9H11NS. The largest absolute Gasteiger partial charge is 0.236 e. The van der Waals surface area contributed by atoms with Gasteiger partial charge in [-0.05, 0) is 12.3 Å². The average molecular weight is 165 g/mol. The van der Waals surface area contributed by atoms with E-state index in [-0.39, 0.29) is 0 Å². The van der Waals surface area contributed by atoms with Crippen molar-refractivity contribution in [2.24, 2.45) is 0 Å². The van der Waals surface area contributed by atoms with Crippen LogP contribution in [0.4, 0.5) is 0 Å². The number of thiazole rings is 1. The summed E-state index contributed by atoms with van der Waals surface area (Å²) in [4.78, 5) is 4.06. The zero-order valence-electron chi connectivity index (χ0n) is 6.63. The number of hydrogen-bond acceptors (Lipinski definition) is 2. The van der Waals surface area contributed by atoms with Gasteiger partial charge in [0.2, 0.25) is 0 Å². The van der Waals surface area contributed by atoms with Crippen molar-refractivity contribution in [1.29, 1.82) is 0 Å². The van der Waals surface area contributed by atoms with Gasteiger partial charge in [-0.2, -0.15) is 0 Å². The SMILES string of the molecule is CCCCC#Cc1nccs1. The predicted molar refractivity (Wildman–Crippen MR) is 48.5 cm³/mol. The molecule has 0 unspecified atom stereocenters. The van der Waals surface area contributed by atoms with Gasteiger partial charge in [-0.3, -0.25) is 0 Å². The van der Waals surface area contributed by atoms with Crippen molar-refractivity contribution >= 4 is 11.3 Å². The Bertz CT molecular complexity index is 240. The van der Waals surface area contributed by atoms with Crippen LogP contribution >= 0.6 is 11.3 Å². The third-order valence-corrected chi connectivity index (χ3v) is 1.97. The summed E-state index contributed by atoms with van der Waals surface area (Å²) in [5, 5.41) is 2.88. The van der Waals surface area contributed by atoms with Crippen molar-refractivity contribution in [1.82, 2.24) is 4.98 Å². The van der Waals surface area contributed by atoms with Crippen LogP contribution in [-0.4, -0.2) is 4.98 Å². The van der Waals surface area contributed by atoms with E-state index in [2.05, 4.69) is 23.7 Å². The number of nitrogens with zero attached hydrogens (tertiary/aromatic N) is 1. The fraction of sp³-hybridized carbons (Fsp3) is 0.444. The van der Waals surface area contributed by atoms with Crippen molar-refractivity contribution in [2.75, 3.05) is 0 Å². The van der Waals surface area contributed by atoms with Gasteiger partial charge in [0.1, 0.15) is 0 Å². The van der Waals surface area contributed by atoms with Crippen LogP contribution in [0.25, 0.3) is 0 Å². The summed E-state index contributed by atoms with van der Waals surface area (Å²) < 4.78 is 0. The molecule has 0 aliphatic rings. The zero-order chi connectivity index (χ0) is 7.94. The predicted octanol–water partition coefficient (Wildman–Crippen LogP) is 2.68. The second-order valence-corrected chi connectivity index (χ2v) is 3.14. The molecule has 0 atom stereocenters. The molecule has 0 saturated carbocycles. The zero-order valence-corrected chi connectivity index (χ0v) is 7.45. The maximum absolute atomic E-state index is 4.06. The third-order valence-electron chi connectivity index (χ3n) is 1.28. The number of hydrogen-bond donors (Lipinski definition) is 0. The summed E-state index contributed by atoms with van der Waals surface area (Å²) in [6.07, 6.45) is 5.19. The second-order valence-electron chi connectivity index (χ2n) is 2.24. The number of rotatable bonds is 2. The molecule has 1 nitrogen and oxygen atoms in total. The Kier molecular flexibility index (Phi) is 3.71. The first kappa shape index (κ1) is 8.29. The van der Waals surface area contributed by atoms with Crippen LogP contribution in [0, 0.1) is 11.8 Å². The van der Waals surface area contributed by atoms with Crippen LogP contribution in [0.1, 0.15) is 31.2 Å². The highest BCUT2D eigenvalue weighted by molar-refractivity contribution is 7.10. The van der Waals surface area contributed by atoms with Gasteiger partial charge >= 0.3 is 0 Å². The summed E-state index contributed by atoms with van der Waals surface area (Å²) in [6.45, 7) is 2.17. The summed E-state index contributed by atoms with van der Waals surface area (Å²) in [6, 6.07) is 0. The Hall–Kier alpha value is -0.810. The molecule has 0 aliphatic heterocycles. The summed E-state index contributed by atoms with van der Waals surface area (Å²) in [5.74, 6) is 6.10. The van der Waals surface area contributed by atoms with Gasteiger partial charge in [-0.1, -0.05) is 19.3 Å². The lowest BCUT2D eigenvalue weighted by Gasteiger charge is -1.82. The number of unbranched alkanes of at least 4 members (excludes halogenated alkanes) is 2. The van der Waals surface area contributed by atoms with Crippen molar-refractivity contribution in [3.8, 4) is 11.8 Å². The topological polar surface area (TPSA) is 12.9 Å². The molecule has 1 rings (SSSR count). The van der Waals surface area contributed by atoms with E-state index in [1.54, 1.807) is 17.5 Å². The van der Waals surface area contributed by atoms with Crippen LogP contribution < -0.4 is 0 Å². The summed E-state index contributed by atoms with van der Waals surface area (Å²) in [7, 11) is 0. The maximum atomic E-state index is 4.06. The molecule has 0 bridgehead atoms. The fourth-order valence-corrected chi connectivity index (χ4v) is 1.19. The Morgan fingerprint density at radius 2 is 2.55 bits per heavy atom. The van der Waals surface area contributed by atoms with Crippen LogP contribution in [0.5, 0.6) is 0 Å². The lowest BCUT2D eigenvalue weighted by Crippen LogP contribution is -1.69. The van der Waals surface area contributed by atoms with E-state index < -0.39 is 0 Å². The summed E-state index contributed by atoms with van der Waals surface area (Å²) >= 11 is 1.60. The van der Waals surface area contributed by atoms with Gasteiger partial charge in [0.05, 0.1) is 0 Å². The third kappa shape index (κ3) is 3.20. The highest BCUT2D eigenvalue weighted by Gasteiger charge is 1.84. The molecule has 0 aromatic carbocycles. The first-order chi connectivity index (χ1) is 5.43. The minimum absolute atomic E-state index is 0.932. The number of aromatic nitrogens is 1. The lowest BCUT2D eigenvalue weighted by atomic mass is 10.2. The van der Waals surface area contributed by atoms with Gasteiger partial charge in [0, 0.05) is 18.0 Å². The molecule has 11 heavy (non-hydrogen) atoms. The van der Waals surface area contributed by atoms with Crippen LogP contribution in [0.3, 0.4) is 0 Å². The molecular weight excluding hydrogens is 154 g/mol. The maximum Gasteiger partial charge on any atom is 0.166 e. The molecule has 0 amide bonds. The molecule has 0 aliphatic carbocycles. The standard InChI is InChI=1S/C9H11NS/c1-2-3-4-5-6-9-10-7-8-11-9/h7-8H,2-4H2,1H3. The van der Waals surface area contributed by atoms with E-state index in [1.165, 1.54) is 12.8 Å². The van der Waals surface area contributed by atoms with E-state index in [9.17, 15) is 0 Å². The fourth-order valence-electron chi connectivity index (χ4n) is 0.688. The van der Waals surface area contributed by atoms with Gasteiger partial charge in [-0.15, -0.1) is 11.3 Å². The van der Waals surface area contributed by atoms with E-state index in [0.717, 1.165) is 11.4 Å². The molecule has 1 aromatic rings. The molecule has 0 spiro atoms. The molecule has 1 heterocycles. The summed E-state index contributed by atoms with van der Waals surface area (Å²) in [5.41, 5.74) is 0. The Morgan fingerprint density at radius 1 is 1.64 bits per heavy atom. The van der Waals surface area contributed by atoms with Gasteiger partial charge in [0.25, 0.3) is 0 Å². The first-order valence-corrected chi connectivity index (χ1v) is 4.70. The minimum atomic E-state index is 0.932. The molecule has 0 radical (unpaired) electrons. The van der Waals surface area contributed by atoms with E-state index in [0.29, 0.717) is 0 Å². The molecule has 58 valence electrons. The van der Waals surface area contributed by atoms with Gasteiger partial charge in [-0.25, -0.2) is 4.98 Å². The van der Waals surface area contributed by atoms with E-state index >= 15 is 0 Å². The van der Waals surface area contributed by atoms with Crippen molar-refractivity contribution in [3.05, 3.63) is 16.6 Å². The van der Waals surface area contributed by atoms with Crippen LogP contribution in [0.15, 0.2) is 11.6 Å². The molecule has 1 aromatic heterocycles. The monoisotopic (exact) mass is 165 g/mol. The van der Waals surface area contributed by atoms with Crippen molar-refractivity contribution in [3.63, 3.8) is 0 Å². The lowest BCUT2D eigenvalue weighted by molar-refractivity contribution is 0.828. The van der Waals surface area contributed by atoms with Crippen molar-refractivity contribution in [2.45, 2.75) is 26.2 Å². The van der Waals surface area contributed by atoms with Crippen molar-refractivity contribution < 1.29 is 0 Å². The van der Waals surface area contributed by atoms with Crippen LogP contribution in [-0.2, 0) is 0 Å². The average Bonchev–Trinajstić information content (AvgIpc) is 2.50. The quantitative estimate of drug-likeness (QED) is 0.485. The Labute approximate surface area is 71.5 Å². The second kappa shape index (κ2) is 4.92. The minimum Gasteiger partial charge on any atom is -0.236 e. The molecule has 0 N–H and O–H groups in total. The van der Waals surface area contributed by atoms with Crippen LogP contribution in [0.2, 0.25) is 0 Å². The smallest absolute Gasteiger partial charge is 0.166 e. The molecule has 2 heteroatoms. The Balaban J connectivity index is 2.33. The highest BCUT2D eigenvalue weighted by Crippen LogP contribution is 2.01. The molecule has 0 saturated heterocycles. The normalized spacial score (nSPS) is 8.82. The first-order valence-electron chi connectivity index (χ1n) is 3.82.